The quantitative estimate of drug-likeness (QED) is 0.281. The maximum Gasteiger partial charge on any atom is 0.257 e. The summed E-state index contributed by atoms with van der Waals surface area (Å²) < 4.78 is 1.56. The van der Waals surface area contributed by atoms with E-state index in [0.717, 1.165) is 11.3 Å². The molecule has 0 amide bonds. The van der Waals surface area contributed by atoms with Crippen LogP contribution in [0.2, 0.25) is 5.15 Å². The van der Waals surface area contributed by atoms with Crippen LogP contribution in [-0.2, 0) is 12.8 Å². The number of carbonyl (C=O) groups excluding carboxylic acids is 1. The highest BCUT2D eigenvalue weighted by atomic mass is 35.5. The number of rotatable bonds is 5. The number of hydrogen-bond donors (Lipinski definition) is 0. The largest absolute Gasteiger partial charge is 0.291 e. The molecule has 0 atom stereocenters. The number of carbonyl (C=O) groups is 1. The van der Waals surface area contributed by atoms with E-state index < -0.39 is 0 Å². The zero-order valence-electron chi connectivity index (χ0n) is 15.2. The highest BCUT2D eigenvalue weighted by Gasteiger charge is 2.13. The molecule has 27 heavy (non-hydrogen) atoms. The second-order valence-electron chi connectivity index (χ2n) is 6.13. The topological polar surface area (TPSA) is 64.8 Å². The molecule has 3 aromatic rings. The molecule has 1 aromatic carbocycles. The lowest BCUT2D eigenvalue weighted by Gasteiger charge is -2.10. The molecule has 7 heteroatoms. The Kier molecular flexibility index (Phi) is 5.77. The fourth-order valence-electron chi connectivity index (χ4n) is 2.54. The van der Waals surface area contributed by atoms with Crippen molar-refractivity contribution in [1.82, 2.24) is 14.5 Å². The fourth-order valence-corrected chi connectivity index (χ4v) is 3.71. The summed E-state index contributed by atoms with van der Waals surface area (Å²) in [6, 6.07) is 10.7. The Bertz CT molecular complexity index is 1060. The summed E-state index contributed by atoms with van der Waals surface area (Å²) in [6.07, 6.45) is 1.55. The van der Waals surface area contributed by atoms with Crippen LogP contribution in [0.3, 0.4) is 0 Å². The van der Waals surface area contributed by atoms with Gasteiger partial charge < -0.3 is 0 Å². The van der Waals surface area contributed by atoms with Crippen LogP contribution < -0.4 is 5.56 Å². The van der Waals surface area contributed by atoms with Gasteiger partial charge in [-0.15, -0.1) is 0 Å². The van der Waals surface area contributed by atoms with Crippen LogP contribution in [0.1, 0.15) is 32.7 Å². The van der Waals surface area contributed by atoms with Gasteiger partial charge in [-0.1, -0.05) is 47.6 Å². The van der Waals surface area contributed by atoms with Crippen LogP contribution in [0.5, 0.6) is 0 Å². The molecule has 3 rings (SSSR count). The predicted octanol–water partition coefficient (Wildman–Crippen LogP) is 3.97. The van der Waals surface area contributed by atoms with Crippen molar-refractivity contribution < 1.29 is 4.79 Å². The van der Waals surface area contributed by atoms with Crippen molar-refractivity contribution in [3.8, 4) is 0 Å². The smallest absolute Gasteiger partial charge is 0.257 e. The molecule has 2 heterocycles. The zero-order valence-corrected chi connectivity index (χ0v) is 16.8. The predicted molar refractivity (Wildman–Crippen MR) is 108 cm³/mol. The third-order valence-corrected chi connectivity index (χ3v) is 5.71. The van der Waals surface area contributed by atoms with Crippen molar-refractivity contribution >= 4 is 29.1 Å². The summed E-state index contributed by atoms with van der Waals surface area (Å²) in [5.74, 6) is 0.482. The number of ketones is 1. The van der Waals surface area contributed by atoms with E-state index in [9.17, 15) is 9.59 Å². The lowest BCUT2D eigenvalue weighted by atomic mass is 10.0. The van der Waals surface area contributed by atoms with Gasteiger partial charge in [0, 0.05) is 35.8 Å². The van der Waals surface area contributed by atoms with Gasteiger partial charge in [-0.25, -0.2) is 9.97 Å². The summed E-state index contributed by atoms with van der Waals surface area (Å²) in [6.45, 7) is 3.62. The molecule has 0 saturated carbocycles. The number of nitrogens with zero attached hydrogens (tertiary/aromatic N) is 3. The maximum atomic E-state index is 12.5. The first-order chi connectivity index (χ1) is 12.9. The Morgan fingerprint density at radius 2 is 1.89 bits per heavy atom. The SMILES string of the molecule is Cc1nc(SCc2ccc(C(=O)c3cccnc3Cl)cc2)n(C)c(=O)c1C. The zero-order chi connectivity index (χ0) is 19.6. The number of halogens is 1. The summed E-state index contributed by atoms with van der Waals surface area (Å²) in [7, 11) is 1.73. The normalized spacial score (nSPS) is 10.8. The lowest BCUT2D eigenvalue weighted by Crippen LogP contribution is -2.23. The van der Waals surface area contributed by atoms with Crippen molar-refractivity contribution in [3.63, 3.8) is 0 Å². The van der Waals surface area contributed by atoms with E-state index in [4.69, 9.17) is 11.6 Å². The third kappa shape index (κ3) is 4.12. The van der Waals surface area contributed by atoms with Gasteiger partial charge in [0.2, 0.25) is 0 Å². The molecule has 0 aliphatic rings. The van der Waals surface area contributed by atoms with Crippen molar-refractivity contribution in [2.24, 2.45) is 7.05 Å². The minimum Gasteiger partial charge on any atom is -0.291 e. The molecule has 138 valence electrons. The van der Waals surface area contributed by atoms with Gasteiger partial charge in [0.05, 0.1) is 5.56 Å². The minimum atomic E-state index is -0.162. The fraction of sp³-hybridized carbons (Fsp3) is 0.200. The number of benzene rings is 1. The van der Waals surface area contributed by atoms with E-state index in [1.165, 1.54) is 11.8 Å². The van der Waals surface area contributed by atoms with E-state index in [1.807, 2.05) is 19.1 Å². The Hall–Kier alpha value is -2.44. The Balaban J connectivity index is 1.75. The second kappa shape index (κ2) is 8.06. The number of hydrogen-bond acceptors (Lipinski definition) is 5. The van der Waals surface area contributed by atoms with E-state index in [-0.39, 0.29) is 16.5 Å². The first-order valence-electron chi connectivity index (χ1n) is 8.29. The minimum absolute atomic E-state index is 0.0284. The molecular formula is C20H18ClN3O2S. The number of aryl methyl sites for hydroxylation is 1. The monoisotopic (exact) mass is 399 g/mol. The van der Waals surface area contributed by atoms with Crippen molar-refractivity contribution in [1.29, 1.82) is 0 Å². The van der Waals surface area contributed by atoms with Gasteiger partial charge in [0.15, 0.2) is 10.9 Å². The number of aromatic nitrogens is 3. The first kappa shape index (κ1) is 19.3. The summed E-state index contributed by atoms with van der Waals surface area (Å²) in [4.78, 5) is 33.1. The van der Waals surface area contributed by atoms with E-state index in [2.05, 4.69) is 9.97 Å². The molecule has 0 aliphatic carbocycles. The lowest BCUT2D eigenvalue weighted by molar-refractivity contribution is 0.103. The molecule has 0 saturated heterocycles. The molecule has 0 bridgehead atoms. The van der Waals surface area contributed by atoms with Crippen molar-refractivity contribution in [3.05, 3.63) is 86.0 Å². The van der Waals surface area contributed by atoms with Crippen LogP contribution >= 0.6 is 23.4 Å². The Labute approximate surface area is 166 Å². The van der Waals surface area contributed by atoms with E-state index >= 15 is 0 Å². The highest BCUT2D eigenvalue weighted by molar-refractivity contribution is 7.98. The summed E-state index contributed by atoms with van der Waals surface area (Å²) >= 11 is 7.49. The average molecular weight is 400 g/mol. The van der Waals surface area contributed by atoms with Gasteiger partial charge in [-0.3, -0.25) is 14.2 Å². The van der Waals surface area contributed by atoms with Crippen LogP contribution in [0.15, 0.2) is 52.5 Å². The number of pyridine rings is 1. The summed E-state index contributed by atoms with van der Waals surface area (Å²) in [5.41, 5.74) is 3.35. The van der Waals surface area contributed by atoms with Crippen LogP contribution in [0, 0.1) is 13.8 Å². The Morgan fingerprint density at radius 3 is 2.56 bits per heavy atom. The summed E-state index contributed by atoms with van der Waals surface area (Å²) in [5, 5.41) is 0.870. The molecule has 0 aliphatic heterocycles. The van der Waals surface area contributed by atoms with Gasteiger partial charge in [0.1, 0.15) is 5.15 Å². The first-order valence-corrected chi connectivity index (χ1v) is 9.66. The third-order valence-electron chi connectivity index (χ3n) is 4.31. The molecule has 0 unspecified atom stereocenters. The molecule has 2 aromatic heterocycles. The van der Waals surface area contributed by atoms with Gasteiger partial charge in [-0.05, 0) is 31.5 Å². The highest BCUT2D eigenvalue weighted by Crippen LogP contribution is 2.22. The van der Waals surface area contributed by atoms with E-state index in [0.29, 0.717) is 27.6 Å². The second-order valence-corrected chi connectivity index (χ2v) is 7.43. The van der Waals surface area contributed by atoms with Gasteiger partial charge >= 0.3 is 0 Å². The van der Waals surface area contributed by atoms with E-state index in [1.54, 1.807) is 49.0 Å². The van der Waals surface area contributed by atoms with Crippen LogP contribution in [0.4, 0.5) is 0 Å². The average Bonchev–Trinajstić information content (AvgIpc) is 2.68. The molecular weight excluding hydrogens is 382 g/mol. The molecule has 0 spiro atoms. The molecule has 0 fully saturated rings. The van der Waals surface area contributed by atoms with Gasteiger partial charge in [-0.2, -0.15) is 0 Å². The molecule has 0 N–H and O–H groups in total. The number of thioether (sulfide) groups is 1. The van der Waals surface area contributed by atoms with Crippen molar-refractivity contribution in [2.75, 3.05) is 0 Å². The van der Waals surface area contributed by atoms with Gasteiger partial charge in [0.25, 0.3) is 5.56 Å². The van der Waals surface area contributed by atoms with Crippen LogP contribution in [0.25, 0.3) is 0 Å². The maximum absolute atomic E-state index is 12.5. The van der Waals surface area contributed by atoms with Crippen LogP contribution in [-0.4, -0.2) is 20.3 Å². The molecule has 0 radical (unpaired) electrons. The Morgan fingerprint density at radius 1 is 1.19 bits per heavy atom. The molecule has 5 nitrogen and oxygen atoms in total. The standard InChI is InChI=1S/C20H18ClN3O2S/c1-12-13(2)23-20(24(3)19(12)26)27-11-14-6-8-15(9-7-14)17(25)16-5-4-10-22-18(16)21/h4-10H,11H2,1-3H3. The van der Waals surface area contributed by atoms with Crippen molar-refractivity contribution in [2.45, 2.75) is 24.8 Å².